The number of fused-ring (bicyclic) bond motifs is 12. The average molecular weight is 1340 g/mol. The van der Waals surface area contributed by atoms with E-state index in [1.165, 1.54) is 97.4 Å². The molecule has 6 aromatic heterocycles. The van der Waals surface area contributed by atoms with Crippen molar-refractivity contribution in [3.05, 3.63) is 328 Å². The van der Waals surface area contributed by atoms with E-state index in [-0.39, 0.29) is 0 Å². The standard InChI is InChI=1S/C92H54N4S4/c1-4-20-55(21-5-1)79-53-81(95-91(93-79)56-22-6-2-7-23-56)63-39-43-66(71-32-19-33-72-67-28-10-16-36-85(67)99-89(71)72)74(50-63)78-52-64(51-77-70-31-13-17-37-86(70)100-90(77)78)58-26-18-27-61(46-58)80-54-82(96-92(94-80)57-24-8-3-9-25-57)62-38-42-65(59-40-44-87-75(47-59)68-29-11-14-34-83(68)97-87)73(49-62)60-41-45-88-76(48-60)69-30-12-15-35-84(69)98-88/h1-54H. The molecule has 0 saturated heterocycles. The van der Waals surface area contributed by atoms with Crippen LogP contribution < -0.4 is 0 Å². The summed E-state index contributed by atoms with van der Waals surface area (Å²) >= 11 is 7.43. The topological polar surface area (TPSA) is 51.6 Å². The van der Waals surface area contributed by atoms with Gasteiger partial charge in [0.1, 0.15) is 0 Å². The van der Waals surface area contributed by atoms with E-state index < -0.39 is 0 Å². The predicted molar refractivity (Wildman–Crippen MR) is 429 cm³/mol. The Morgan fingerprint density at radius 1 is 0.160 bits per heavy atom. The third-order valence-corrected chi connectivity index (χ3v) is 24.3. The molecular weight excluding hydrogens is 1290 g/mol. The first-order valence-corrected chi connectivity index (χ1v) is 36.8. The van der Waals surface area contributed by atoms with Gasteiger partial charge in [0, 0.05) is 125 Å². The van der Waals surface area contributed by atoms with Crippen LogP contribution in [0.4, 0.5) is 0 Å². The van der Waals surface area contributed by atoms with Crippen LogP contribution >= 0.6 is 45.3 Å². The van der Waals surface area contributed by atoms with Gasteiger partial charge in [-0.25, -0.2) is 19.9 Å². The number of thiophene rings is 4. The summed E-state index contributed by atoms with van der Waals surface area (Å²) in [4.78, 5) is 21.6. The van der Waals surface area contributed by atoms with E-state index in [4.69, 9.17) is 19.9 Å². The SMILES string of the molecule is c1ccc(-c2cc(-c3ccc(-c4cccc5c4sc4ccccc45)c(-c4cc(-c5cccc(-c6cc(-c7ccc(-c8ccc9sc%10ccccc%10c9c8)c(-c8ccc9sc%10ccccc%10c9c8)c7)nc(-c7ccccc7)n6)c5)cc5c4sc4ccccc45)c3)nc(-c3ccccc3)n2)cc1. The van der Waals surface area contributed by atoms with Crippen LogP contribution in [-0.2, 0) is 0 Å². The minimum atomic E-state index is 0.662. The van der Waals surface area contributed by atoms with E-state index in [9.17, 15) is 0 Å². The molecule has 0 atom stereocenters. The third kappa shape index (κ3) is 10.1. The van der Waals surface area contributed by atoms with Gasteiger partial charge in [-0.3, -0.25) is 0 Å². The minimum absolute atomic E-state index is 0.662. The van der Waals surface area contributed by atoms with Gasteiger partial charge in [-0.05, 0) is 136 Å². The van der Waals surface area contributed by atoms with Crippen molar-refractivity contribution in [1.82, 2.24) is 19.9 Å². The molecule has 0 aliphatic heterocycles. The molecule has 466 valence electrons. The third-order valence-electron chi connectivity index (χ3n) is 19.5. The van der Waals surface area contributed by atoms with E-state index in [2.05, 4.69) is 322 Å². The lowest BCUT2D eigenvalue weighted by Crippen LogP contribution is -1.97. The molecule has 0 saturated carbocycles. The summed E-state index contributed by atoms with van der Waals surface area (Å²) in [7, 11) is 0. The summed E-state index contributed by atoms with van der Waals surface area (Å²) in [6.45, 7) is 0. The van der Waals surface area contributed by atoms with Gasteiger partial charge < -0.3 is 0 Å². The first kappa shape index (κ1) is 58.3. The molecule has 0 radical (unpaired) electrons. The van der Waals surface area contributed by atoms with Crippen molar-refractivity contribution >= 4 is 126 Å². The zero-order valence-corrected chi connectivity index (χ0v) is 56.9. The Kier molecular flexibility index (Phi) is 14.0. The Balaban J connectivity index is 0.774. The molecule has 20 rings (SSSR count). The van der Waals surface area contributed by atoms with E-state index >= 15 is 0 Å². The number of aromatic nitrogens is 4. The summed E-state index contributed by atoms with van der Waals surface area (Å²) in [5, 5.41) is 10.1. The van der Waals surface area contributed by atoms with Crippen molar-refractivity contribution in [2.24, 2.45) is 0 Å². The second-order valence-electron chi connectivity index (χ2n) is 25.5. The number of hydrogen-bond donors (Lipinski definition) is 0. The summed E-state index contributed by atoms with van der Waals surface area (Å²) in [5.74, 6) is 1.34. The molecule has 0 bridgehead atoms. The lowest BCUT2D eigenvalue weighted by atomic mass is 9.88. The number of rotatable bonds is 11. The molecule has 0 aliphatic carbocycles. The fourth-order valence-corrected chi connectivity index (χ4v) is 19.3. The first-order valence-electron chi connectivity index (χ1n) is 33.5. The van der Waals surface area contributed by atoms with Gasteiger partial charge in [0.2, 0.25) is 0 Å². The summed E-state index contributed by atoms with van der Waals surface area (Å²) < 4.78 is 10.1. The Morgan fingerprint density at radius 3 is 1.10 bits per heavy atom. The maximum Gasteiger partial charge on any atom is 0.160 e. The van der Waals surface area contributed by atoms with Crippen LogP contribution in [0.3, 0.4) is 0 Å². The van der Waals surface area contributed by atoms with Crippen molar-refractivity contribution in [2.75, 3.05) is 0 Å². The lowest BCUT2D eigenvalue weighted by molar-refractivity contribution is 1.18. The highest BCUT2D eigenvalue weighted by Gasteiger charge is 2.23. The largest absolute Gasteiger partial charge is 0.228 e. The Hall–Kier alpha value is -11.9. The van der Waals surface area contributed by atoms with E-state index in [0.717, 1.165) is 95.1 Å². The second kappa shape index (κ2) is 24.0. The Morgan fingerprint density at radius 2 is 0.530 bits per heavy atom. The van der Waals surface area contributed by atoms with Crippen LogP contribution in [0.15, 0.2) is 328 Å². The fourth-order valence-electron chi connectivity index (χ4n) is 14.7. The van der Waals surface area contributed by atoms with Crippen LogP contribution in [0.5, 0.6) is 0 Å². The maximum absolute atomic E-state index is 5.49. The molecular formula is C92H54N4S4. The highest BCUT2D eigenvalue weighted by molar-refractivity contribution is 7.27. The molecule has 100 heavy (non-hydrogen) atoms. The van der Waals surface area contributed by atoms with Gasteiger partial charge >= 0.3 is 0 Å². The molecule has 0 spiro atoms. The monoisotopic (exact) mass is 1340 g/mol. The summed E-state index contributed by atoms with van der Waals surface area (Å²) in [6.07, 6.45) is 0. The van der Waals surface area contributed by atoms with Crippen LogP contribution in [0, 0.1) is 0 Å². The van der Waals surface area contributed by atoms with Crippen molar-refractivity contribution in [2.45, 2.75) is 0 Å². The smallest absolute Gasteiger partial charge is 0.160 e. The molecule has 4 nitrogen and oxygen atoms in total. The van der Waals surface area contributed by atoms with Crippen LogP contribution in [0.25, 0.3) is 204 Å². The zero-order chi connectivity index (χ0) is 65.8. The molecule has 0 N–H and O–H groups in total. The van der Waals surface area contributed by atoms with Gasteiger partial charge in [-0.2, -0.15) is 0 Å². The maximum atomic E-state index is 5.49. The fraction of sp³-hybridized carbons (Fsp3) is 0. The lowest BCUT2D eigenvalue weighted by Gasteiger charge is -2.17. The Bertz CT molecular complexity index is 6600. The van der Waals surface area contributed by atoms with E-state index in [1.54, 1.807) is 0 Å². The van der Waals surface area contributed by atoms with Gasteiger partial charge in [0.25, 0.3) is 0 Å². The normalized spacial score (nSPS) is 11.8. The second-order valence-corrected chi connectivity index (χ2v) is 29.8. The number of benzene rings is 14. The molecule has 0 fully saturated rings. The molecule has 14 aromatic carbocycles. The molecule has 0 aliphatic rings. The molecule has 8 heteroatoms. The zero-order valence-electron chi connectivity index (χ0n) is 53.6. The van der Waals surface area contributed by atoms with E-state index in [1.807, 2.05) is 51.4 Å². The van der Waals surface area contributed by atoms with Gasteiger partial charge in [-0.15, -0.1) is 45.3 Å². The summed E-state index contributed by atoms with van der Waals surface area (Å²) in [6, 6.07) is 119. The van der Waals surface area contributed by atoms with Gasteiger partial charge in [0.15, 0.2) is 11.6 Å². The average Bonchev–Trinajstić information content (AvgIpc) is 1.45. The highest BCUT2D eigenvalue weighted by Crippen LogP contribution is 2.50. The Labute approximate surface area is 592 Å². The van der Waals surface area contributed by atoms with Crippen molar-refractivity contribution in [3.63, 3.8) is 0 Å². The highest BCUT2D eigenvalue weighted by atomic mass is 32.1. The van der Waals surface area contributed by atoms with Gasteiger partial charge in [-0.1, -0.05) is 237 Å². The predicted octanol–water partition coefficient (Wildman–Crippen LogP) is 27.1. The molecule has 0 unspecified atom stereocenters. The molecule has 6 heterocycles. The van der Waals surface area contributed by atoms with Gasteiger partial charge in [0.05, 0.1) is 22.8 Å². The van der Waals surface area contributed by atoms with E-state index in [0.29, 0.717) is 11.6 Å². The number of hydrogen-bond acceptors (Lipinski definition) is 8. The van der Waals surface area contributed by atoms with Crippen molar-refractivity contribution in [3.8, 4) is 123 Å². The first-order chi connectivity index (χ1) is 49.5. The molecule has 20 aromatic rings. The number of nitrogens with zero attached hydrogens (tertiary/aromatic N) is 4. The quantitative estimate of drug-likeness (QED) is 0.129. The van der Waals surface area contributed by atoms with Crippen molar-refractivity contribution in [1.29, 1.82) is 0 Å². The van der Waals surface area contributed by atoms with Crippen molar-refractivity contribution < 1.29 is 0 Å². The van der Waals surface area contributed by atoms with Crippen LogP contribution in [0.1, 0.15) is 0 Å². The van der Waals surface area contributed by atoms with Crippen LogP contribution in [0.2, 0.25) is 0 Å². The molecule has 0 amide bonds. The van der Waals surface area contributed by atoms with Crippen LogP contribution in [-0.4, -0.2) is 19.9 Å². The summed E-state index contributed by atoms with van der Waals surface area (Å²) in [5.41, 5.74) is 20.8. The minimum Gasteiger partial charge on any atom is -0.228 e.